The lowest BCUT2D eigenvalue weighted by Gasteiger charge is -2.09. The van der Waals surface area contributed by atoms with Crippen molar-refractivity contribution < 1.29 is 0 Å². The van der Waals surface area contributed by atoms with Crippen molar-refractivity contribution in [3.05, 3.63) is 48.3 Å². The van der Waals surface area contributed by atoms with Crippen LogP contribution in [0.15, 0.2) is 42.7 Å². The monoisotopic (exact) mass is 385 g/mol. The van der Waals surface area contributed by atoms with Gasteiger partial charge in [0.25, 0.3) is 0 Å². The Labute approximate surface area is 169 Å². The summed E-state index contributed by atoms with van der Waals surface area (Å²) in [7, 11) is 1.87. The molecule has 4 N–H and O–H groups in total. The Balaban J connectivity index is 1.78. The number of nitrogens with one attached hydrogen (secondary N) is 2. The van der Waals surface area contributed by atoms with Gasteiger partial charge in [-0.15, -0.1) is 0 Å². The van der Waals surface area contributed by atoms with Crippen LogP contribution in [0, 0.1) is 17.3 Å². The van der Waals surface area contributed by atoms with E-state index in [1.54, 1.807) is 10.9 Å². The molecule has 4 aromatic rings. The summed E-state index contributed by atoms with van der Waals surface area (Å²) >= 11 is 0. The average Bonchev–Trinajstić information content (AvgIpc) is 3.25. The molecule has 0 saturated heterocycles. The minimum absolute atomic E-state index is 0.107. The van der Waals surface area contributed by atoms with E-state index in [0.29, 0.717) is 11.6 Å². The van der Waals surface area contributed by atoms with Gasteiger partial charge in [0.1, 0.15) is 5.82 Å². The molecule has 0 bridgehead atoms. The summed E-state index contributed by atoms with van der Waals surface area (Å²) in [5, 5.41) is 15.6. The van der Waals surface area contributed by atoms with E-state index in [1.807, 2.05) is 37.5 Å². The standard InChI is InChI=1S/C22H23N7/c1-22(2,3)8-5-15-11-16(12-17-20(15)26-27-21(17)23)14-6-9-24-19(13-14)25-18-7-10-29(4)28-18/h6-7,9-13H,1-4H3,(H3,23,26,27)(H,24,25,28). The fourth-order valence-electron chi connectivity index (χ4n) is 2.95. The van der Waals surface area contributed by atoms with E-state index in [4.69, 9.17) is 5.73 Å². The molecule has 4 rings (SSSR count). The maximum atomic E-state index is 6.08. The largest absolute Gasteiger partial charge is 0.382 e. The molecule has 0 fully saturated rings. The molecule has 0 radical (unpaired) electrons. The number of aryl methyl sites for hydroxylation is 1. The number of benzene rings is 1. The summed E-state index contributed by atoms with van der Waals surface area (Å²) in [5.74, 6) is 8.49. The van der Waals surface area contributed by atoms with E-state index >= 15 is 0 Å². The predicted molar refractivity (Wildman–Crippen MR) is 117 cm³/mol. The molecule has 0 aliphatic carbocycles. The van der Waals surface area contributed by atoms with E-state index in [1.165, 1.54) is 0 Å². The summed E-state index contributed by atoms with van der Waals surface area (Å²) in [6, 6.07) is 9.91. The number of pyridine rings is 1. The lowest BCUT2D eigenvalue weighted by molar-refractivity contribution is 0.571. The van der Waals surface area contributed by atoms with Crippen LogP contribution in [0.3, 0.4) is 0 Å². The van der Waals surface area contributed by atoms with Crippen LogP contribution in [-0.4, -0.2) is 25.0 Å². The molecule has 3 heterocycles. The number of nitrogens with two attached hydrogens (primary N) is 1. The molecule has 0 atom stereocenters. The molecule has 0 spiro atoms. The first-order chi connectivity index (χ1) is 13.8. The fraction of sp³-hybridized carbons (Fsp3) is 0.227. The number of aromatic nitrogens is 5. The van der Waals surface area contributed by atoms with Crippen molar-refractivity contribution in [2.45, 2.75) is 20.8 Å². The quantitative estimate of drug-likeness (QED) is 0.462. The Morgan fingerprint density at radius 2 is 1.93 bits per heavy atom. The van der Waals surface area contributed by atoms with E-state index in [9.17, 15) is 0 Å². The van der Waals surface area contributed by atoms with Crippen molar-refractivity contribution in [2.24, 2.45) is 12.5 Å². The van der Waals surface area contributed by atoms with Crippen LogP contribution in [0.1, 0.15) is 26.3 Å². The molecule has 7 heteroatoms. The van der Waals surface area contributed by atoms with Gasteiger partial charge in [-0.25, -0.2) is 4.98 Å². The molecule has 0 amide bonds. The van der Waals surface area contributed by atoms with Gasteiger partial charge in [-0.1, -0.05) is 11.8 Å². The molecule has 0 aliphatic heterocycles. The summed E-state index contributed by atoms with van der Waals surface area (Å²) in [6.45, 7) is 6.25. The zero-order chi connectivity index (χ0) is 20.6. The third-order valence-corrected chi connectivity index (χ3v) is 4.34. The number of aromatic amines is 1. The van der Waals surface area contributed by atoms with E-state index in [-0.39, 0.29) is 5.41 Å². The van der Waals surface area contributed by atoms with Crippen molar-refractivity contribution in [2.75, 3.05) is 11.1 Å². The first-order valence-electron chi connectivity index (χ1n) is 9.32. The fourth-order valence-corrected chi connectivity index (χ4v) is 2.95. The molecule has 29 heavy (non-hydrogen) atoms. The number of hydrogen-bond donors (Lipinski definition) is 3. The lowest BCUT2D eigenvalue weighted by Crippen LogP contribution is -1.99. The minimum atomic E-state index is -0.107. The second kappa shape index (κ2) is 6.99. The number of H-pyrrole nitrogens is 1. The Bertz CT molecular complexity index is 1250. The van der Waals surface area contributed by atoms with Gasteiger partial charge >= 0.3 is 0 Å². The lowest BCUT2D eigenvalue weighted by atomic mass is 9.96. The Kier molecular flexibility index (Phi) is 4.47. The van der Waals surface area contributed by atoms with Crippen LogP contribution < -0.4 is 11.1 Å². The van der Waals surface area contributed by atoms with Crippen LogP contribution in [0.5, 0.6) is 0 Å². The van der Waals surface area contributed by atoms with Gasteiger partial charge < -0.3 is 11.1 Å². The average molecular weight is 385 g/mol. The van der Waals surface area contributed by atoms with Gasteiger partial charge in [0.05, 0.1) is 11.1 Å². The van der Waals surface area contributed by atoms with Crippen LogP contribution >= 0.6 is 0 Å². The van der Waals surface area contributed by atoms with Gasteiger partial charge in [-0.05, 0) is 56.2 Å². The molecule has 0 aliphatic rings. The van der Waals surface area contributed by atoms with Gasteiger partial charge in [0.2, 0.25) is 0 Å². The maximum absolute atomic E-state index is 6.08. The first-order valence-corrected chi connectivity index (χ1v) is 9.32. The van der Waals surface area contributed by atoms with Crippen molar-refractivity contribution in [3.63, 3.8) is 0 Å². The highest BCUT2D eigenvalue weighted by Gasteiger charge is 2.12. The highest BCUT2D eigenvalue weighted by atomic mass is 15.3. The molecule has 1 aromatic carbocycles. The Morgan fingerprint density at radius 1 is 1.10 bits per heavy atom. The van der Waals surface area contributed by atoms with Crippen LogP contribution in [0.4, 0.5) is 17.5 Å². The van der Waals surface area contributed by atoms with Gasteiger partial charge in [-0.3, -0.25) is 9.78 Å². The predicted octanol–water partition coefficient (Wildman–Crippen LogP) is 4.08. The first kappa shape index (κ1) is 18.6. The molecular weight excluding hydrogens is 362 g/mol. The van der Waals surface area contributed by atoms with Gasteiger partial charge in [0.15, 0.2) is 11.6 Å². The summed E-state index contributed by atoms with van der Waals surface area (Å²) in [5.41, 5.74) is 9.69. The number of anilines is 3. The third-order valence-electron chi connectivity index (χ3n) is 4.34. The molecule has 7 nitrogen and oxygen atoms in total. The van der Waals surface area contributed by atoms with Gasteiger partial charge in [0, 0.05) is 36.3 Å². The van der Waals surface area contributed by atoms with Crippen molar-refractivity contribution in [1.29, 1.82) is 0 Å². The minimum Gasteiger partial charge on any atom is -0.382 e. The SMILES string of the molecule is Cn1ccc(Nc2cc(-c3cc(C#CC(C)(C)C)c4[nH]nc(N)c4c3)ccn2)n1. The molecule has 0 unspecified atom stereocenters. The van der Waals surface area contributed by atoms with Crippen molar-refractivity contribution >= 4 is 28.4 Å². The molecule has 3 aromatic heterocycles. The van der Waals surface area contributed by atoms with Crippen molar-refractivity contribution in [3.8, 4) is 23.0 Å². The molecular formula is C22H23N7. The molecule has 0 saturated carbocycles. The van der Waals surface area contributed by atoms with E-state index in [2.05, 4.69) is 64.3 Å². The maximum Gasteiger partial charge on any atom is 0.153 e. The summed E-state index contributed by atoms with van der Waals surface area (Å²) < 4.78 is 1.74. The summed E-state index contributed by atoms with van der Waals surface area (Å²) in [6.07, 6.45) is 3.64. The normalized spacial score (nSPS) is 11.3. The highest BCUT2D eigenvalue weighted by Crippen LogP contribution is 2.30. The highest BCUT2D eigenvalue weighted by molar-refractivity contribution is 5.96. The number of nitrogens with zero attached hydrogens (tertiary/aromatic N) is 4. The second-order valence-electron chi connectivity index (χ2n) is 7.98. The zero-order valence-corrected chi connectivity index (χ0v) is 16.9. The van der Waals surface area contributed by atoms with Crippen LogP contribution in [0.2, 0.25) is 0 Å². The van der Waals surface area contributed by atoms with Gasteiger partial charge in [-0.2, -0.15) is 10.2 Å². The number of hydrogen-bond acceptors (Lipinski definition) is 5. The van der Waals surface area contributed by atoms with E-state index in [0.717, 1.165) is 33.4 Å². The second-order valence-corrected chi connectivity index (χ2v) is 7.98. The summed E-state index contributed by atoms with van der Waals surface area (Å²) in [4.78, 5) is 4.40. The smallest absolute Gasteiger partial charge is 0.153 e. The zero-order valence-electron chi connectivity index (χ0n) is 16.9. The topological polar surface area (TPSA) is 97.4 Å². The third kappa shape index (κ3) is 4.06. The Hall–Kier alpha value is -3.79. The number of fused-ring (bicyclic) bond motifs is 1. The number of nitrogen functional groups attached to an aromatic ring is 1. The molecule has 146 valence electrons. The van der Waals surface area contributed by atoms with Crippen LogP contribution in [-0.2, 0) is 7.05 Å². The van der Waals surface area contributed by atoms with Crippen molar-refractivity contribution in [1.82, 2.24) is 25.0 Å². The Morgan fingerprint density at radius 3 is 2.66 bits per heavy atom. The van der Waals surface area contributed by atoms with E-state index < -0.39 is 0 Å². The number of rotatable bonds is 3. The van der Waals surface area contributed by atoms with Crippen LogP contribution in [0.25, 0.3) is 22.0 Å².